The predicted molar refractivity (Wildman–Crippen MR) is 70.3 cm³/mol. The molecule has 4 nitrogen and oxygen atoms in total. The second kappa shape index (κ2) is 5.98. The Morgan fingerprint density at radius 3 is 2.78 bits per heavy atom. The summed E-state index contributed by atoms with van der Waals surface area (Å²) >= 11 is 0. The summed E-state index contributed by atoms with van der Waals surface area (Å²) in [6.45, 7) is 5.91. The number of benzene rings is 1. The van der Waals surface area contributed by atoms with E-state index in [1.807, 2.05) is 19.1 Å². The lowest BCUT2D eigenvalue weighted by atomic mass is 10.1. The smallest absolute Gasteiger partial charge is 0.240 e. The topological polar surface area (TPSA) is 50.4 Å². The molecule has 1 heterocycles. The molecular formula is C14H20N2O2. The zero-order valence-electron chi connectivity index (χ0n) is 10.9. The average Bonchev–Trinajstić information content (AvgIpc) is 2.40. The van der Waals surface area contributed by atoms with Gasteiger partial charge in [-0.25, -0.2) is 0 Å². The van der Waals surface area contributed by atoms with Crippen LogP contribution in [0.4, 0.5) is 0 Å². The lowest BCUT2D eigenvalue weighted by Crippen LogP contribution is -2.51. The highest BCUT2D eigenvalue weighted by Gasteiger charge is 2.22. The Bertz CT molecular complexity index is 397. The van der Waals surface area contributed by atoms with Crippen LogP contribution in [0.25, 0.3) is 0 Å². The highest BCUT2D eigenvalue weighted by molar-refractivity contribution is 5.82. The Morgan fingerprint density at radius 1 is 1.44 bits per heavy atom. The van der Waals surface area contributed by atoms with E-state index in [1.165, 1.54) is 5.56 Å². The first kappa shape index (κ1) is 13.1. The molecule has 4 heteroatoms. The standard InChI is InChI=1S/C14H20N2O2/c1-10-3-5-12(6-4-10)11(2)16-14(17)13-9-18-8-7-15-13/h3-6,11,13,15H,7-9H2,1-2H3,(H,16,17). The summed E-state index contributed by atoms with van der Waals surface area (Å²) in [6, 6.07) is 7.99. The van der Waals surface area contributed by atoms with Crippen LogP contribution in [0, 0.1) is 6.92 Å². The molecule has 1 aliphatic heterocycles. The van der Waals surface area contributed by atoms with Gasteiger partial charge in [-0.1, -0.05) is 29.8 Å². The zero-order chi connectivity index (χ0) is 13.0. The molecule has 98 valence electrons. The highest BCUT2D eigenvalue weighted by atomic mass is 16.5. The molecule has 1 aromatic carbocycles. The van der Waals surface area contributed by atoms with Crippen LogP contribution in [0.3, 0.4) is 0 Å². The first-order valence-electron chi connectivity index (χ1n) is 6.35. The summed E-state index contributed by atoms with van der Waals surface area (Å²) < 4.78 is 5.28. The van der Waals surface area contributed by atoms with Crippen molar-refractivity contribution in [2.75, 3.05) is 19.8 Å². The van der Waals surface area contributed by atoms with Crippen LogP contribution < -0.4 is 10.6 Å². The van der Waals surface area contributed by atoms with Crippen molar-refractivity contribution in [2.24, 2.45) is 0 Å². The molecule has 2 N–H and O–H groups in total. The molecule has 1 amide bonds. The number of carbonyl (C=O) groups is 1. The third-order valence-electron chi connectivity index (χ3n) is 3.17. The van der Waals surface area contributed by atoms with Crippen molar-refractivity contribution in [3.05, 3.63) is 35.4 Å². The van der Waals surface area contributed by atoms with Gasteiger partial charge in [0.2, 0.25) is 5.91 Å². The highest BCUT2D eigenvalue weighted by Crippen LogP contribution is 2.13. The monoisotopic (exact) mass is 248 g/mol. The van der Waals surface area contributed by atoms with Crippen molar-refractivity contribution in [2.45, 2.75) is 25.9 Å². The maximum atomic E-state index is 12.0. The molecule has 0 aliphatic carbocycles. The number of hydrogen-bond donors (Lipinski definition) is 2. The number of aryl methyl sites for hydroxylation is 1. The van der Waals surface area contributed by atoms with E-state index in [1.54, 1.807) is 0 Å². The van der Waals surface area contributed by atoms with Crippen LogP contribution in [0.5, 0.6) is 0 Å². The van der Waals surface area contributed by atoms with E-state index in [-0.39, 0.29) is 18.0 Å². The molecule has 0 spiro atoms. The molecule has 0 aromatic heterocycles. The maximum absolute atomic E-state index is 12.0. The second-order valence-electron chi connectivity index (χ2n) is 4.72. The Balaban J connectivity index is 1.91. The number of amides is 1. The van der Waals surface area contributed by atoms with Crippen molar-refractivity contribution in [1.82, 2.24) is 10.6 Å². The quantitative estimate of drug-likeness (QED) is 0.844. The number of morpholine rings is 1. The number of ether oxygens (including phenoxy) is 1. The SMILES string of the molecule is Cc1ccc(C(C)NC(=O)C2COCCN2)cc1. The van der Waals surface area contributed by atoms with Crippen molar-refractivity contribution >= 4 is 5.91 Å². The van der Waals surface area contributed by atoms with Gasteiger partial charge in [0.15, 0.2) is 0 Å². The van der Waals surface area contributed by atoms with E-state index in [0.717, 1.165) is 12.1 Å². The molecular weight excluding hydrogens is 228 g/mol. The summed E-state index contributed by atoms with van der Waals surface area (Å²) in [5, 5.41) is 6.15. The van der Waals surface area contributed by atoms with Gasteiger partial charge in [0.05, 0.1) is 19.3 Å². The van der Waals surface area contributed by atoms with Crippen molar-refractivity contribution < 1.29 is 9.53 Å². The molecule has 0 bridgehead atoms. The summed E-state index contributed by atoms with van der Waals surface area (Å²) in [4.78, 5) is 12.0. The van der Waals surface area contributed by atoms with Gasteiger partial charge < -0.3 is 15.4 Å². The lowest BCUT2D eigenvalue weighted by Gasteiger charge is -2.25. The summed E-state index contributed by atoms with van der Waals surface area (Å²) in [6.07, 6.45) is 0. The van der Waals surface area contributed by atoms with Gasteiger partial charge in [0, 0.05) is 6.54 Å². The molecule has 0 saturated carbocycles. The minimum atomic E-state index is -0.230. The van der Waals surface area contributed by atoms with Crippen LogP contribution in [0.1, 0.15) is 24.1 Å². The summed E-state index contributed by atoms with van der Waals surface area (Å²) in [7, 11) is 0. The van der Waals surface area contributed by atoms with E-state index in [4.69, 9.17) is 4.74 Å². The fourth-order valence-electron chi connectivity index (χ4n) is 1.99. The molecule has 1 saturated heterocycles. The molecule has 1 aliphatic rings. The molecule has 1 fully saturated rings. The zero-order valence-corrected chi connectivity index (χ0v) is 10.9. The van der Waals surface area contributed by atoms with Crippen LogP contribution in [0.15, 0.2) is 24.3 Å². The fourth-order valence-corrected chi connectivity index (χ4v) is 1.99. The van der Waals surface area contributed by atoms with E-state index in [2.05, 4.69) is 29.7 Å². The van der Waals surface area contributed by atoms with Crippen molar-refractivity contribution in [3.63, 3.8) is 0 Å². The minimum absolute atomic E-state index is 0.00257. The van der Waals surface area contributed by atoms with Gasteiger partial charge in [-0.2, -0.15) is 0 Å². The Kier molecular flexibility index (Phi) is 4.33. The summed E-state index contributed by atoms with van der Waals surface area (Å²) in [5.74, 6) is 0.00257. The average molecular weight is 248 g/mol. The van der Waals surface area contributed by atoms with E-state index < -0.39 is 0 Å². The lowest BCUT2D eigenvalue weighted by molar-refractivity contribution is -0.126. The van der Waals surface area contributed by atoms with Gasteiger partial charge in [-0.15, -0.1) is 0 Å². The van der Waals surface area contributed by atoms with Gasteiger partial charge in [0.1, 0.15) is 6.04 Å². The van der Waals surface area contributed by atoms with Crippen molar-refractivity contribution in [1.29, 1.82) is 0 Å². The first-order valence-corrected chi connectivity index (χ1v) is 6.35. The normalized spacial score (nSPS) is 21.3. The van der Waals surface area contributed by atoms with Gasteiger partial charge in [-0.05, 0) is 19.4 Å². The molecule has 2 unspecified atom stereocenters. The largest absolute Gasteiger partial charge is 0.378 e. The fraction of sp³-hybridized carbons (Fsp3) is 0.500. The van der Waals surface area contributed by atoms with Gasteiger partial charge in [0.25, 0.3) is 0 Å². The number of carbonyl (C=O) groups excluding carboxylic acids is 1. The van der Waals surface area contributed by atoms with E-state index >= 15 is 0 Å². The number of nitrogens with one attached hydrogen (secondary N) is 2. The first-order chi connectivity index (χ1) is 8.66. The molecule has 18 heavy (non-hydrogen) atoms. The van der Waals surface area contributed by atoms with Crippen LogP contribution in [-0.2, 0) is 9.53 Å². The molecule has 2 atom stereocenters. The molecule has 1 aromatic rings. The maximum Gasteiger partial charge on any atom is 0.240 e. The van der Waals surface area contributed by atoms with Crippen molar-refractivity contribution in [3.8, 4) is 0 Å². The van der Waals surface area contributed by atoms with Crippen LogP contribution >= 0.6 is 0 Å². The van der Waals surface area contributed by atoms with Crippen LogP contribution in [0.2, 0.25) is 0 Å². The summed E-state index contributed by atoms with van der Waals surface area (Å²) in [5.41, 5.74) is 2.34. The number of rotatable bonds is 3. The Hall–Kier alpha value is -1.39. The Labute approximate surface area is 108 Å². The third kappa shape index (κ3) is 3.31. The minimum Gasteiger partial charge on any atom is -0.378 e. The predicted octanol–water partition coefficient (Wildman–Crippen LogP) is 1.16. The Morgan fingerprint density at radius 2 is 2.17 bits per heavy atom. The number of hydrogen-bond acceptors (Lipinski definition) is 3. The molecule has 2 rings (SSSR count). The van der Waals surface area contributed by atoms with E-state index in [0.29, 0.717) is 13.2 Å². The second-order valence-corrected chi connectivity index (χ2v) is 4.72. The van der Waals surface area contributed by atoms with Gasteiger partial charge in [-0.3, -0.25) is 4.79 Å². The van der Waals surface area contributed by atoms with Crippen LogP contribution in [-0.4, -0.2) is 31.7 Å². The van der Waals surface area contributed by atoms with Gasteiger partial charge >= 0.3 is 0 Å². The van der Waals surface area contributed by atoms with E-state index in [9.17, 15) is 4.79 Å². The third-order valence-corrected chi connectivity index (χ3v) is 3.17. The molecule has 0 radical (unpaired) electrons.